The average molecular weight is 247 g/mol. The molecule has 0 spiro atoms. The molecule has 1 rings (SSSR count). The first-order valence-corrected chi connectivity index (χ1v) is 5.59. The lowest BCUT2D eigenvalue weighted by Gasteiger charge is -2.36. The third kappa shape index (κ3) is 3.57. The second-order valence-electron chi connectivity index (χ2n) is 5.12. The molecule has 1 aliphatic rings. The molecule has 98 valence electrons. The minimum absolute atomic E-state index is 0.163. The van der Waals surface area contributed by atoms with E-state index in [9.17, 15) is 14.0 Å². The highest BCUT2D eigenvalue weighted by molar-refractivity contribution is 5.81. The highest BCUT2D eigenvalue weighted by Gasteiger charge is 2.41. The number of halogens is 1. The van der Waals surface area contributed by atoms with E-state index < -0.39 is 29.9 Å². The molecule has 0 aromatic carbocycles. The van der Waals surface area contributed by atoms with E-state index in [0.717, 1.165) is 4.90 Å². The predicted octanol–water partition coefficient (Wildman–Crippen LogP) is 1.81. The van der Waals surface area contributed by atoms with Gasteiger partial charge in [0, 0.05) is 6.54 Å². The molecule has 1 N–H and O–H groups in total. The number of amides is 1. The minimum atomic E-state index is -1.53. The molecule has 0 aromatic rings. The number of hydrogen-bond acceptors (Lipinski definition) is 3. The highest BCUT2D eigenvalue weighted by Crippen LogP contribution is 2.23. The van der Waals surface area contributed by atoms with Crippen molar-refractivity contribution in [3.05, 3.63) is 0 Å². The van der Waals surface area contributed by atoms with Gasteiger partial charge in [0.25, 0.3) is 0 Å². The quantitative estimate of drug-likeness (QED) is 0.767. The van der Waals surface area contributed by atoms with Crippen LogP contribution in [0.3, 0.4) is 0 Å². The number of ether oxygens (including phenoxy) is 1. The van der Waals surface area contributed by atoms with Gasteiger partial charge in [0.1, 0.15) is 11.8 Å². The number of carboxylic acids is 1. The normalized spacial score (nSPS) is 25.5. The van der Waals surface area contributed by atoms with E-state index in [2.05, 4.69) is 0 Å². The van der Waals surface area contributed by atoms with Crippen LogP contribution in [0.15, 0.2) is 0 Å². The maximum Gasteiger partial charge on any atom is 0.411 e. The van der Waals surface area contributed by atoms with Crippen LogP contribution in [0.1, 0.15) is 33.6 Å². The first-order chi connectivity index (χ1) is 7.72. The molecule has 1 saturated heterocycles. The third-order valence-electron chi connectivity index (χ3n) is 2.44. The molecule has 1 aliphatic heterocycles. The number of carbonyl (C=O) groups is 2. The molecule has 0 aromatic heterocycles. The Hall–Kier alpha value is -1.33. The second kappa shape index (κ2) is 4.89. The van der Waals surface area contributed by atoms with Crippen LogP contribution < -0.4 is 0 Å². The summed E-state index contributed by atoms with van der Waals surface area (Å²) in [5, 5.41) is 8.94. The third-order valence-corrected chi connectivity index (χ3v) is 2.44. The number of rotatable bonds is 1. The summed E-state index contributed by atoms with van der Waals surface area (Å²) >= 11 is 0. The molecule has 2 atom stereocenters. The van der Waals surface area contributed by atoms with Crippen molar-refractivity contribution in [1.29, 1.82) is 0 Å². The number of nitrogens with zero attached hydrogens (tertiary/aromatic N) is 1. The van der Waals surface area contributed by atoms with Crippen LogP contribution in [0.2, 0.25) is 0 Å². The molecule has 0 bridgehead atoms. The number of carboxylic acid groups (broad SMARTS) is 1. The summed E-state index contributed by atoms with van der Waals surface area (Å²) in [5.74, 6) is -1.33. The lowest BCUT2D eigenvalue weighted by molar-refractivity contribution is -0.147. The van der Waals surface area contributed by atoms with Crippen molar-refractivity contribution in [2.75, 3.05) is 6.54 Å². The predicted molar refractivity (Wildman–Crippen MR) is 58.5 cm³/mol. The zero-order valence-electron chi connectivity index (χ0n) is 10.3. The monoisotopic (exact) mass is 247 g/mol. The fourth-order valence-corrected chi connectivity index (χ4v) is 1.76. The molecule has 1 amide bonds. The first-order valence-electron chi connectivity index (χ1n) is 5.59. The van der Waals surface area contributed by atoms with Crippen LogP contribution in [-0.2, 0) is 9.53 Å². The number of piperidine rings is 1. The van der Waals surface area contributed by atoms with E-state index in [0.29, 0.717) is 6.42 Å². The van der Waals surface area contributed by atoms with Gasteiger partial charge >= 0.3 is 12.1 Å². The molecule has 0 aliphatic carbocycles. The lowest BCUT2D eigenvalue weighted by atomic mass is 10.0. The number of likely N-dealkylation sites (tertiary alicyclic amines) is 1. The van der Waals surface area contributed by atoms with Crippen molar-refractivity contribution in [3.63, 3.8) is 0 Å². The summed E-state index contributed by atoms with van der Waals surface area (Å²) < 4.78 is 18.6. The Morgan fingerprint density at radius 3 is 2.47 bits per heavy atom. The molecule has 0 unspecified atom stereocenters. The van der Waals surface area contributed by atoms with Gasteiger partial charge < -0.3 is 9.84 Å². The van der Waals surface area contributed by atoms with Gasteiger partial charge in [-0.15, -0.1) is 0 Å². The lowest BCUT2D eigenvalue weighted by Crippen LogP contribution is -2.54. The molecular weight excluding hydrogens is 229 g/mol. The van der Waals surface area contributed by atoms with Gasteiger partial charge in [-0.05, 0) is 33.6 Å². The van der Waals surface area contributed by atoms with Gasteiger partial charge in [-0.25, -0.2) is 14.0 Å². The standard InChI is InChI=1S/C11H18FNO4/c1-11(2,3)17-10(16)13-6-4-5-7(12)8(13)9(14)15/h7-8H,4-6H2,1-3H3,(H,14,15)/t7-,8+/m1/s1. The Bertz CT molecular complexity index is 313. The van der Waals surface area contributed by atoms with Crippen LogP contribution in [0, 0.1) is 0 Å². The van der Waals surface area contributed by atoms with Crippen LogP contribution in [0.25, 0.3) is 0 Å². The van der Waals surface area contributed by atoms with Crippen LogP contribution in [0.5, 0.6) is 0 Å². The van der Waals surface area contributed by atoms with Crippen molar-refractivity contribution in [3.8, 4) is 0 Å². The van der Waals surface area contributed by atoms with Crippen molar-refractivity contribution in [2.24, 2.45) is 0 Å². The number of hydrogen-bond donors (Lipinski definition) is 1. The largest absolute Gasteiger partial charge is 0.480 e. The van der Waals surface area contributed by atoms with E-state index in [-0.39, 0.29) is 13.0 Å². The van der Waals surface area contributed by atoms with Gasteiger partial charge in [-0.2, -0.15) is 0 Å². The first kappa shape index (κ1) is 13.7. The van der Waals surface area contributed by atoms with E-state index in [1.54, 1.807) is 20.8 Å². The SMILES string of the molecule is CC(C)(C)OC(=O)N1CCC[C@@H](F)[C@H]1C(=O)O. The van der Waals surface area contributed by atoms with Gasteiger partial charge in [0.2, 0.25) is 0 Å². The Morgan fingerprint density at radius 2 is 2.00 bits per heavy atom. The molecule has 1 heterocycles. The topological polar surface area (TPSA) is 66.8 Å². The van der Waals surface area contributed by atoms with Crippen LogP contribution in [0.4, 0.5) is 9.18 Å². The molecule has 0 saturated carbocycles. The van der Waals surface area contributed by atoms with Gasteiger partial charge in [-0.1, -0.05) is 0 Å². The highest BCUT2D eigenvalue weighted by atomic mass is 19.1. The van der Waals surface area contributed by atoms with Crippen molar-refractivity contribution in [1.82, 2.24) is 4.90 Å². The summed E-state index contributed by atoms with van der Waals surface area (Å²) in [4.78, 5) is 23.7. The molecule has 1 fully saturated rings. The Kier molecular flexibility index (Phi) is 3.95. The fourth-order valence-electron chi connectivity index (χ4n) is 1.76. The number of carbonyl (C=O) groups excluding carboxylic acids is 1. The summed E-state index contributed by atoms with van der Waals surface area (Å²) in [6, 6.07) is -1.43. The van der Waals surface area contributed by atoms with Crippen molar-refractivity contribution in [2.45, 2.75) is 51.4 Å². The molecule has 5 nitrogen and oxygen atoms in total. The maximum atomic E-state index is 13.5. The molecular formula is C11H18FNO4. The zero-order chi connectivity index (χ0) is 13.2. The number of aliphatic carboxylic acids is 1. The van der Waals surface area contributed by atoms with Crippen LogP contribution >= 0.6 is 0 Å². The smallest absolute Gasteiger partial charge is 0.411 e. The number of alkyl halides is 1. The van der Waals surface area contributed by atoms with Gasteiger partial charge in [0.05, 0.1) is 0 Å². The summed E-state index contributed by atoms with van der Waals surface area (Å²) in [5.41, 5.74) is -0.719. The average Bonchev–Trinajstić information content (AvgIpc) is 2.13. The van der Waals surface area contributed by atoms with Gasteiger partial charge in [-0.3, -0.25) is 4.90 Å². The van der Waals surface area contributed by atoms with E-state index in [1.807, 2.05) is 0 Å². The zero-order valence-corrected chi connectivity index (χ0v) is 10.3. The Labute approximate surface area is 99.5 Å². The molecule has 0 radical (unpaired) electrons. The van der Waals surface area contributed by atoms with Crippen molar-refractivity contribution >= 4 is 12.1 Å². The van der Waals surface area contributed by atoms with E-state index in [1.165, 1.54) is 0 Å². The Morgan fingerprint density at radius 1 is 1.41 bits per heavy atom. The van der Waals surface area contributed by atoms with Crippen molar-refractivity contribution < 1.29 is 23.8 Å². The second-order valence-corrected chi connectivity index (χ2v) is 5.12. The molecule has 6 heteroatoms. The van der Waals surface area contributed by atoms with E-state index >= 15 is 0 Å². The van der Waals surface area contributed by atoms with Crippen LogP contribution in [-0.4, -0.2) is 46.4 Å². The van der Waals surface area contributed by atoms with E-state index in [4.69, 9.17) is 9.84 Å². The summed E-state index contributed by atoms with van der Waals surface area (Å²) in [6.45, 7) is 5.25. The minimum Gasteiger partial charge on any atom is -0.480 e. The molecule has 17 heavy (non-hydrogen) atoms. The fraction of sp³-hybridized carbons (Fsp3) is 0.818. The Balaban J connectivity index is 2.79. The summed E-state index contributed by atoms with van der Waals surface area (Å²) in [6.07, 6.45) is -1.69. The summed E-state index contributed by atoms with van der Waals surface area (Å²) in [7, 11) is 0. The maximum absolute atomic E-state index is 13.5. The van der Waals surface area contributed by atoms with Gasteiger partial charge in [0.15, 0.2) is 6.04 Å².